The lowest BCUT2D eigenvalue weighted by Crippen LogP contribution is -2.54. The summed E-state index contributed by atoms with van der Waals surface area (Å²) in [5, 5.41) is 9.51. The Balaban J connectivity index is 1.73. The molecule has 1 saturated heterocycles. The molecule has 1 fully saturated rings. The number of benzene rings is 3. The summed E-state index contributed by atoms with van der Waals surface area (Å²) in [6.45, 7) is 0.652. The number of rotatable bonds is 6. The monoisotopic (exact) mass is 427 g/mol. The molecule has 0 spiro atoms. The second kappa shape index (κ2) is 8.24. The standard InChI is InChI=1S/C27H25NO4/c29-24(30)16-15-23(19-9-3-1-4-10-19)27-22-14-8-7-11-20(22)17-18-28(27)25(32-26(27)31)21-12-5-2-6-13-21/h1-14,23,25H,15-18H2,(H,29,30). The van der Waals surface area contributed by atoms with Crippen LogP contribution in [0.3, 0.4) is 0 Å². The fraction of sp³-hybridized carbons (Fsp3) is 0.259. The van der Waals surface area contributed by atoms with Gasteiger partial charge in [-0.1, -0.05) is 84.9 Å². The maximum Gasteiger partial charge on any atom is 0.333 e. The number of fused-ring (bicyclic) bond motifs is 3. The van der Waals surface area contributed by atoms with Crippen molar-refractivity contribution >= 4 is 11.9 Å². The van der Waals surface area contributed by atoms with Crippen molar-refractivity contribution in [3.8, 4) is 0 Å². The van der Waals surface area contributed by atoms with E-state index >= 15 is 0 Å². The third kappa shape index (κ3) is 3.21. The van der Waals surface area contributed by atoms with Crippen molar-refractivity contribution in [2.45, 2.75) is 36.9 Å². The first-order valence-electron chi connectivity index (χ1n) is 11.0. The second-order valence-electron chi connectivity index (χ2n) is 8.43. The normalized spacial score (nSPS) is 23.1. The number of carboxylic acids is 1. The molecule has 3 aromatic rings. The lowest BCUT2D eigenvalue weighted by atomic mass is 9.68. The highest BCUT2D eigenvalue weighted by atomic mass is 16.6. The van der Waals surface area contributed by atoms with Crippen LogP contribution in [0.5, 0.6) is 0 Å². The van der Waals surface area contributed by atoms with Crippen LogP contribution in [0.1, 0.15) is 47.2 Å². The van der Waals surface area contributed by atoms with E-state index in [4.69, 9.17) is 4.74 Å². The van der Waals surface area contributed by atoms with Crippen molar-refractivity contribution in [2.75, 3.05) is 6.54 Å². The Morgan fingerprint density at radius 3 is 2.38 bits per heavy atom. The number of nitrogens with zero attached hydrogens (tertiary/aromatic N) is 1. The number of hydrogen-bond donors (Lipinski definition) is 1. The summed E-state index contributed by atoms with van der Waals surface area (Å²) < 4.78 is 6.10. The number of aliphatic carboxylic acids is 1. The van der Waals surface area contributed by atoms with Gasteiger partial charge in [0.1, 0.15) is 0 Å². The average Bonchev–Trinajstić information content (AvgIpc) is 3.13. The average molecular weight is 428 g/mol. The SMILES string of the molecule is O=C(O)CCC(c1ccccc1)C12C(=O)OC(c3ccccc3)N1CCc1ccccc12. The third-order valence-corrected chi connectivity index (χ3v) is 6.75. The predicted molar refractivity (Wildman–Crippen MR) is 120 cm³/mol. The molecule has 2 heterocycles. The van der Waals surface area contributed by atoms with Gasteiger partial charge in [0.05, 0.1) is 0 Å². The van der Waals surface area contributed by atoms with E-state index < -0.39 is 17.7 Å². The van der Waals surface area contributed by atoms with Gasteiger partial charge in [-0.05, 0) is 29.5 Å². The van der Waals surface area contributed by atoms with E-state index in [1.165, 1.54) is 0 Å². The number of carboxylic acid groups (broad SMARTS) is 1. The topological polar surface area (TPSA) is 66.8 Å². The summed E-state index contributed by atoms with van der Waals surface area (Å²) >= 11 is 0. The molecule has 0 bridgehead atoms. The molecule has 5 rings (SSSR count). The van der Waals surface area contributed by atoms with E-state index in [0.717, 1.165) is 28.7 Å². The fourth-order valence-electron chi connectivity index (χ4n) is 5.43. The van der Waals surface area contributed by atoms with E-state index in [1.54, 1.807) is 0 Å². The van der Waals surface area contributed by atoms with Crippen molar-refractivity contribution in [1.29, 1.82) is 0 Å². The molecule has 5 nitrogen and oxygen atoms in total. The Morgan fingerprint density at radius 1 is 1.00 bits per heavy atom. The Bertz CT molecular complexity index is 1130. The number of carbonyl (C=O) groups excluding carboxylic acids is 1. The van der Waals surface area contributed by atoms with Gasteiger partial charge in [0.15, 0.2) is 11.8 Å². The molecule has 1 N–H and O–H groups in total. The maximum absolute atomic E-state index is 13.9. The van der Waals surface area contributed by atoms with Gasteiger partial charge in [-0.25, -0.2) is 9.69 Å². The second-order valence-corrected chi connectivity index (χ2v) is 8.43. The molecule has 0 aromatic heterocycles. The van der Waals surface area contributed by atoms with Gasteiger partial charge >= 0.3 is 11.9 Å². The Morgan fingerprint density at radius 2 is 1.66 bits per heavy atom. The van der Waals surface area contributed by atoms with Crippen molar-refractivity contribution in [2.24, 2.45) is 0 Å². The highest BCUT2D eigenvalue weighted by Crippen LogP contribution is 2.56. The molecule has 0 amide bonds. The fourth-order valence-corrected chi connectivity index (χ4v) is 5.43. The number of cyclic esters (lactones) is 1. The van der Waals surface area contributed by atoms with Crippen LogP contribution in [0.4, 0.5) is 0 Å². The largest absolute Gasteiger partial charge is 0.481 e. The molecule has 32 heavy (non-hydrogen) atoms. The van der Waals surface area contributed by atoms with Crippen LogP contribution in [-0.2, 0) is 26.3 Å². The van der Waals surface area contributed by atoms with Crippen LogP contribution in [0.25, 0.3) is 0 Å². The predicted octanol–water partition coefficient (Wildman–Crippen LogP) is 4.64. The zero-order chi connectivity index (χ0) is 22.1. The summed E-state index contributed by atoms with van der Waals surface area (Å²) in [4.78, 5) is 27.7. The number of carbonyl (C=O) groups is 2. The van der Waals surface area contributed by atoms with E-state index in [-0.39, 0.29) is 18.3 Å². The van der Waals surface area contributed by atoms with Crippen LogP contribution in [0.15, 0.2) is 84.9 Å². The van der Waals surface area contributed by atoms with Gasteiger partial charge in [-0.2, -0.15) is 0 Å². The number of esters is 1. The van der Waals surface area contributed by atoms with E-state index in [0.29, 0.717) is 13.0 Å². The molecule has 2 aliphatic rings. The summed E-state index contributed by atoms with van der Waals surface area (Å²) in [7, 11) is 0. The van der Waals surface area contributed by atoms with E-state index in [1.807, 2.05) is 78.9 Å². The summed E-state index contributed by atoms with van der Waals surface area (Å²) in [5.74, 6) is -1.54. The first-order valence-corrected chi connectivity index (χ1v) is 11.0. The minimum Gasteiger partial charge on any atom is -0.481 e. The smallest absolute Gasteiger partial charge is 0.333 e. The molecule has 3 unspecified atom stereocenters. The van der Waals surface area contributed by atoms with Crippen LogP contribution < -0.4 is 0 Å². The first kappa shape index (κ1) is 20.5. The first-order chi connectivity index (χ1) is 15.6. The minimum atomic E-state index is -1.08. The van der Waals surface area contributed by atoms with Crippen molar-refractivity contribution in [3.63, 3.8) is 0 Å². The molecule has 162 valence electrons. The quantitative estimate of drug-likeness (QED) is 0.581. The lowest BCUT2D eigenvalue weighted by Gasteiger charge is -2.46. The Hall–Kier alpha value is -3.44. The van der Waals surface area contributed by atoms with Crippen molar-refractivity contribution in [3.05, 3.63) is 107 Å². The van der Waals surface area contributed by atoms with Crippen LogP contribution >= 0.6 is 0 Å². The zero-order valence-electron chi connectivity index (χ0n) is 17.7. The molecule has 0 saturated carbocycles. The van der Waals surface area contributed by atoms with Crippen molar-refractivity contribution in [1.82, 2.24) is 4.90 Å². The zero-order valence-corrected chi connectivity index (χ0v) is 17.7. The van der Waals surface area contributed by atoms with Gasteiger partial charge in [-0.15, -0.1) is 0 Å². The maximum atomic E-state index is 13.9. The molecule has 0 radical (unpaired) electrons. The molecular formula is C27H25NO4. The lowest BCUT2D eigenvalue weighted by molar-refractivity contribution is -0.147. The molecule has 2 aliphatic heterocycles. The number of hydrogen-bond acceptors (Lipinski definition) is 4. The van der Waals surface area contributed by atoms with Gasteiger partial charge in [-0.3, -0.25) is 4.79 Å². The van der Waals surface area contributed by atoms with Gasteiger partial charge in [0, 0.05) is 24.4 Å². The van der Waals surface area contributed by atoms with Crippen molar-refractivity contribution < 1.29 is 19.4 Å². The molecule has 5 heteroatoms. The van der Waals surface area contributed by atoms with Gasteiger partial charge in [0.25, 0.3) is 0 Å². The van der Waals surface area contributed by atoms with Crippen LogP contribution in [-0.4, -0.2) is 28.5 Å². The Labute approximate surface area is 187 Å². The van der Waals surface area contributed by atoms with E-state index in [2.05, 4.69) is 11.0 Å². The van der Waals surface area contributed by atoms with Crippen LogP contribution in [0, 0.1) is 0 Å². The number of ether oxygens (including phenoxy) is 1. The molecule has 0 aliphatic carbocycles. The molecule has 3 atom stereocenters. The highest BCUT2D eigenvalue weighted by molar-refractivity contribution is 5.87. The highest BCUT2D eigenvalue weighted by Gasteiger charge is 2.62. The Kier molecular flexibility index (Phi) is 5.27. The third-order valence-electron chi connectivity index (χ3n) is 6.75. The summed E-state index contributed by atoms with van der Waals surface area (Å²) in [5.41, 5.74) is 2.83. The van der Waals surface area contributed by atoms with Gasteiger partial charge in [0.2, 0.25) is 0 Å². The van der Waals surface area contributed by atoms with Gasteiger partial charge < -0.3 is 9.84 Å². The van der Waals surface area contributed by atoms with Crippen LogP contribution in [0.2, 0.25) is 0 Å². The minimum absolute atomic E-state index is 0.0272. The van der Waals surface area contributed by atoms with E-state index in [9.17, 15) is 14.7 Å². The summed E-state index contributed by atoms with van der Waals surface area (Å²) in [6.07, 6.45) is 0.604. The summed E-state index contributed by atoms with van der Waals surface area (Å²) in [6, 6.07) is 27.6. The molecular weight excluding hydrogens is 402 g/mol. The molecule has 3 aromatic carbocycles.